The van der Waals surface area contributed by atoms with E-state index in [0.29, 0.717) is 5.17 Å². The minimum Gasteiger partial charge on any atom is -0.277 e. The van der Waals surface area contributed by atoms with Crippen LogP contribution in [0, 0.1) is 5.41 Å². The van der Waals surface area contributed by atoms with Crippen LogP contribution in [-0.2, 0) is 0 Å². The highest BCUT2D eigenvalue weighted by molar-refractivity contribution is 14.0. The maximum atomic E-state index is 7.27. The van der Waals surface area contributed by atoms with Gasteiger partial charge in [0.25, 0.3) is 0 Å². The maximum Gasteiger partial charge on any atom is 0.177 e. The summed E-state index contributed by atoms with van der Waals surface area (Å²) in [7, 11) is 1.79. The molecule has 0 saturated carbocycles. The second kappa shape index (κ2) is 4.17. The second-order valence-corrected chi connectivity index (χ2v) is 2.92. The number of nitrogens with one attached hydrogen (secondary N) is 1. The summed E-state index contributed by atoms with van der Waals surface area (Å²) in [5.41, 5.74) is 1.08. The van der Waals surface area contributed by atoms with Crippen LogP contribution in [0.4, 0.5) is 0 Å². The van der Waals surface area contributed by atoms with Crippen LogP contribution in [0.25, 0.3) is 0 Å². The van der Waals surface area contributed by atoms with Gasteiger partial charge in [0.15, 0.2) is 5.17 Å². The van der Waals surface area contributed by atoms with Gasteiger partial charge >= 0.3 is 0 Å². The summed E-state index contributed by atoms with van der Waals surface area (Å²) in [5, 5.41) is 13.4. The molecule has 1 N–H and O–H groups in total. The SMILES string of the molecule is CC1=NN(C)C(=N)SC1.I. The van der Waals surface area contributed by atoms with Crippen molar-refractivity contribution in [3.05, 3.63) is 0 Å². The average molecular weight is 271 g/mol. The Hall–Kier alpha value is 0.220. The summed E-state index contributed by atoms with van der Waals surface area (Å²) >= 11 is 1.51. The normalized spacial score (nSPS) is 18.0. The van der Waals surface area contributed by atoms with Gasteiger partial charge in [-0.15, -0.1) is 24.0 Å². The molecule has 10 heavy (non-hydrogen) atoms. The molecule has 0 amide bonds. The van der Waals surface area contributed by atoms with Crippen molar-refractivity contribution in [3.8, 4) is 0 Å². The molecule has 1 aliphatic rings. The zero-order valence-electron chi connectivity index (χ0n) is 5.92. The Balaban J connectivity index is 0.000000810. The summed E-state index contributed by atoms with van der Waals surface area (Å²) < 4.78 is 0. The van der Waals surface area contributed by atoms with Crippen LogP contribution in [0.15, 0.2) is 5.10 Å². The van der Waals surface area contributed by atoms with E-state index in [1.54, 1.807) is 12.1 Å². The molecular formula is C5H10IN3S. The van der Waals surface area contributed by atoms with Gasteiger partial charge in [-0.1, -0.05) is 11.8 Å². The molecule has 0 spiro atoms. The van der Waals surface area contributed by atoms with Crippen molar-refractivity contribution in [1.29, 1.82) is 5.41 Å². The molecule has 1 rings (SSSR count). The Kier molecular flexibility index (Phi) is 4.26. The number of thioether (sulfide) groups is 1. The van der Waals surface area contributed by atoms with E-state index in [4.69, 9.17) is 5.41 Å². The van der Waals surface area contributed by atoms with Gasteiger partial charge in [0.05, 0.1) is 0 Å². The van der Waals surface area contributed by atoms with Crippen LogP contribution in [0.3, 0.4) is 0 Å². The molecule has 0 saturated heterocycles. The molecule has 0 bridgehead atoms. The monoisotopic (exact) mass is 271 g/mol. The van der Waals surface area contributed by atoms with Crippen molar-refractivity contribution in [2.24, 2.45) is 5.10 Å². The van der Waals surface area contributed by atoms with Gasteiger partial charge in [-0.3, -0.25) is 5.41 Å². The molecule has 1 aliphatic heterocycles. The number of amidine groups is 1. The quantitative estimate of drug-likeness (QED) is 0.680. The van der Waals surface area contributed by atoms with Crippen molar-refractivity contribution in [2.75, 3.05) is 12.8 Å². The van der Waals surface area contributed by atoms with Crippen LogP contribution in [0.2, 0.25) is 0 Å². The summed E-state index contributed by atoms with van der Waals surface area (Å²) in [5.74, 6) is 0.864. The van der Waals surface area contributed by atoms with Gasteiger partial charge in [-0.25, -0.2) is 5.01 Å². The maximum absolute atomic E-state index is 7.27. The second-order valence-electron chi connectivity index (χ2n) is 1.95. The highest BCUT2D eigenvalue weighted by atomic mass is 127. The third kappa shape index (κ3) is 2.45. The fourth-order valence-electron chi connectivity index (χ4n) is 0.597. The van der Waals surface area contributed by atoms with Gasteiger partial charge < -0.3 is 0 Å². The molecule has 0 fully saturated rings. The lowest BCUT2D eigenvalue weighted by Crippen LogP contribution is -2.24. The first-order valence-corrected chi connectivity index (χ1v) is 3.68. The molecule has 5 heteroatoms. The Morgan fingerprint density at radius 2 is 2.30 bits per heavy atom. The smallest absolute Gasteiger partial charge is 0.177 e. The highest BCUT2D eigenvalue weighted by Gasteiger charge is 2.10. The number of hydrazone groups is 1. The first-order valence-electron chi connectivity index (χ1n) is 2.69. The topological polar surface area (TPSA) is 39.5 Å². The summed E-state index contributed by atoms with van der Waals surface area (Å²) in [6.45, 7) is 1.97. The van der Waals surface area contributed by atoms with Crippen LogP contribution < -0.4 is 0 Å². The lowest BCUT2D eigenvalue weighted by atomic mass is 10.5. The summed E-state index contributed by atoms with van der Waals surface area (Å²) in [6, 6.07) is 0. The molecule has 0 aliphatic carbocycles. The zero-order valence-corrected chi connectivity index (χ0v) is 9.06. The largest absolute Gasteiger partial charge is 0.277 e. The number of halogens is 1. The predicted molar refractivity (Wildman–Crippen MR) is 56.5 cm³/mol. The molecule has 0 atom stereocenters. The molecule has 0 unspecified atom stereocenters. The van der Waals surface area contributed by atoms with Gasteiger partial charge in [0.1, 0.15) is 0 Å². The fourth-order valence-corrected chi connectivity index (χ4v) is 1.23. The lowest BCUT2D eigenvalue weighted by molar-refractivity contribution is 0.549. The number of hydrogen-bond donors (Lipinski definition) is 1. The number of hydrogen-bond acceptors (Lipinski definition) is 3. The third-order valence-corrected chi connectivity index (χ3v) is 2.13. The Morgan fingerprint density at radius 3 is 2.70 bits per heavy atom. The van der Waals surface area contributed by atoms with Crippen molar-refractivity contribution < 1.29 is 0 Å². The molecule has 3 nitrogen and oxygen atoms in total. The van der Waals surface area contributed by atoms with Gasteiger partial charge in [-0.2, -0.15) is 5.10 Å². The van der Waals surface area contributed by atoms with Crippen molar-refractivity contribution in [3.63, 3.8) is 0 Å². The summed E-state index contributed by atoms with van der Waals surface area (Å²) in [6.07, 6.45) is 0. The average Bonchev–Trinajstić information content (AvgIpc) is 1.80. The lowest BCUT2D eigenvalue weighted by Gasteiger charge is -2.18. The molecule has 58 valence electrons. The van der Waals surface area contributed by atoms with Gasteiger partial charge in [0.2, 0.25) is 0 Å². The third-order valence-electron chi connectivity index (χ3n) is 1.03. The summed E-state index contributed by atoms with van der Waals surface area (Å²) in [4.78, 5) is 0. The fraction of sp³-hybridized carbons (Fsp3) is 0.600. The molecule has 0 aromatic carbocycles. The van der Waals surface area contributed by atoms with Crippen molar-refractivity contribution >= 4 is 46.6 Å². The van der Waals surface area contributed by atoms with Crippen molar-refractivity contribution in [1.82, 2.24) is 5.01 Å². The number of rotatable bonds is 0. The number of nitrogens with zero attached hydrogens (tertiary/aromatic N) is 2. The Morgan fingerprint density at radius 1 is 1.70 bits per heavy atom. The van der Waals surface area contributed by atoms with E-state index in [0.717, 1.165) is 11.5 Å². The minimum absolute atomic E-state index is 0. The molecule has 0 radical (unpaired) electrons. The molecule has 1 heterocycles. The molecular weight excluding hydrogens is 261 g/mol. The predicted octanol–water partition coefficient (Wildman–Crippen LogP) is 1.59. The van der Waals surface area contributed by atoms with Crippen LogP contribution in [0.5, 0.6) is 0 Å². The molecule has 0 aromatic heterocycles. The first kappa shape index (κ1) is 10.2. The van der Waals surface area contributed by atoms with Crippen LogP contribution in [0.1, 0.15) is 6.92 Å². The van der Waals surface area contributed by atoms with Crippen LogP contribution >= 0.6 is 35.7 Å². The van der Waals surface area contributed by atoms with Crippen molar-refractivity contribution in [2.45, 2.75) is 6.92 Å². The van der Waals surface area contributed by atoms with Gasteiger partial charge in [0, 0.05) is 18.5 Å². The van der Waals surface area contributed by atoms with E-state index in [-0.39, 0.29) is 24.0 Å². The van der Waals surface area contributed by atoms with Gasteiger partial charge in [-0.05, 0) is 6.92 Å². The molecule has 0 aromatic rings. The van der Waals surface area contributed by atoms with E-state index in [9.17, 15) is 0 Å². The van der Waals surface area contributed by atoms with E-state index in [1.807, 2.05) is 6.92 Å². The van der Waals surface area contributed by atoms with E-state index < -0.39 is 0 Å². The first-order chi connectivity index (χ1) is 4.20. The minimum atomic E-state index is 0. The highest BCUT2D eigenvalue weighted by Crippen LogP contribution is 2.11. The van der Waals surface area contributed by atoms with E-state index in [1.165, 1.54) is 11.8 Å². The van der Waals surface area contributed by atoms with Crippen LogP contribution in [-0.4, -0.2) is 28.7 Å². The standard InChI is InChI=1S/C5H9N3S.HI/c1-4-3-9-5(6)8(2)7-4;/h6H,3H2,1-2H3;1H. The Labute approximate surface area is 81.8 Å². The Bertz CT molecular complexity index is 168. The van der Waals surface area contributed by atoms with E-state index >= 15 is 0 Å². The zero-order chi connectivity index (χ0) is 6.85. The van der Waals surface area contributed by atoms with E-state index in [2.05, 4.69) is 5.10 Å².